The lowest BCUT2D eigenvalue weighted by molar-refractivity contribution is 0.101. The summed E-state index contributed by atoms with van der Waals surface area (Å²) in [6, 6.07) is 11.6. The first kappa shape index (κ1) is 14.9. The first-order chi connectivity index (χ1) is 10.8. The summed E-state index contributed by atoms with van der Waals surface area (Å²) >= 11 is 1.46. The summed E-state index contributed by atoms with van der Waals surface area (Å²) in [5, 5.41) is 0.846. The van der Waals surface area contributed by atoms with Crippen LogP contribution in [-0.4, -0.2) is 39.8 Å². The number of methoxy groups -OCH3 is 1. The minimum absolute atomic E-state index is 0.0698. The number of nitrogens with zero attached hydrogens (tertiary/aromatic N) is 2. The molecule has 0 spiro atoms. The Labute approximate surface area is 132 Å². The Morgan fingerprint density at radius 2 is 2.18 bits per heavy atom. The lowest BCUT2D eigenvalue weighted by Crippen LogP contribution is -2.08. The quantitative estimate of drug-likeness (QED) is 0.538. The first-order valence-electron chi connectivity index (χ1n) is 7.03. The zero-order valence-electron chi connectivity index (χ0n) is 12.3. The molecule has 0 fully saturated rings. The molecule has 0 saturated carbocycles. The van der Waals surface area contributed by atoms with E-state index in [-0.39, 0.29) is 5.78 Å². The molecule has 22 heavy (non-hydrogen) atoms. The van der Waals surface area contributed by atoms with Gasteiger partial charge in [-0.1, -0.05) is 23.9 Å². The van der Waals surface area contributed by atoms with Crippen molar-refractivity contribution in [2.75, 3.05) is 19.5 Å². The van der Waals surface area contributed by atoms with E-state index in [1.165, 1.54) is 11.8 Å². The van der Waals surface area contributed by atoms with Crippen molar-refractivity contribution in [1.82, 2.24) is 14.5 Å². The van der Waals surface area contributed by atoms with Gasteiger partial charge in [0, 0.05) is 19.9 Å². The number of para-hydroxylation sites is 2. The summed E-state index contributed by atoms with van der Waals surface area (Å²) in [5.41, 5.74) is 2.63. The lowest BCUT2D eigenvalue weighted by Gasteiger charge is -2.07. The molecule has 0 unspecified atom stereocenters. The van der Waals surface area contributed by atoms with Crippen LogP contribution in [0.4, 0.5) is 0 Å². The fourth-order valence-corrected chi connectivity index (χ4v) is 3.20. The number of thioether (sulfide) groups is 1. The SMILES string of the molecule is COCCn1c(SCC(=O)c2ccc[nH]2)nc2ccccc21. The fourth-order valence-electron chi connectivity index (χ4n) is 2.27. The molecule has 2 aromatic heterocycles. The number of rotatable bonds is 7. The molecule has 5 nitrogen and oxygen atoms in total. The molecule has 1 aromatic carbocycles. The van der Waals surface area contributed by atoms with E-state index in [1.807, 2.05) is 30.3 Å². The number of carbonyl (C=O) groups excluding carboxylic acids is 1. The molecule has 114 valence electrons. The molecule has 6 heteroatoms. The van der Waals surface area contributed by atoms with E-state index in [4.69, 9.17) is 4.74 Å². The second-order valence-electron chi connectivity index (χ2n) is 4.82. The van der Waals surface area contributed by atoms with Crippen molar-refractivity contribution in [2.45, 2.75) is 11.7 Å². The summed E-state index contributed by atoms with van der Waals surface area (Å²) in [4.78, 5) is 19.7. The number of nitrogens with one attached hydrogen (secondary N) is 1. The van der Waals surface area contributed by atoms with Crippen LogP contribution in [0.2, 0.25) is 0 Å². The topological polar surface area (TPSA) is 59.9 Å². The van der Waals surface area contributed by atoms with Gasteiger partial charge in [0.25, 0.3) is 0 Å². The van der Waals surface area contributed by atoms with Crippen molar-refractivity contribution in [3.63, 3.8) is 0 Å². The van der Waals surface area contributed by atoms with Crippen LogP contribution in [0, 0.1) is 0 Å². The predicted octanol–water partition coefficient (Wildman–Crippen LogP) is 2.99. The number of ether oxygens (including phenoxy) is 1. The maximum absolute atomic E-state index is 12.1. The Hall–Kier alpha value is -2.05. The highest BCUT2D eigenvalue weighted by Gasteiger charge is 2.13. The number of hydrogen-bond donors (Lipinski definition) is 1. The molecule has 0 bridgehead atoms. The van der Waals surface area contributed by atoms with Crippen molar-refractivity contribution in [2.24, 2.45) is 0 Å². The molecule has 0 radical (unpaired) electrons. The Kier molecular flexibility index (Phi) is 4.60. The number of carbonyl (C=O) groups is 1. The largest absolute Gasteiger partial charge is 0.383 e. The summed E-state index contributed by atoms with van der Waals surface area (Å²) in [5.74, 6) is 0.428. The van der Waals surface area contributed by atoms with Crippen molar-refractivity contribution in [3.8, 4) is 0 Å². The normalized spacial score (nSPS) is 11.1. The maximum Gasteiger partial charge on any atom is 0.189 e. The number of Topliss-reactive ketones (excluding diaryl/α,β-unsaturated/α-hetero) is 1. The fraction of sp³-hybridized carbons (Fsp3) is 0.250. The van der Waals surface area contributed by atoms with Crippen LogP contribution in [0.1, 0.15) is 10.5 Å². The summed E-state index contributed by atoms with van der Waals surface area (Å²) in [6.07, 6.45) is 1.76. The smallest absolute Gasteiger partial charge is 0.189 e. The van der Waals surface area contributed by atoms with Crippen molar-refractivity contribution in [3.05, 3.63) is 48.3 Å². The Morgan fingerprint density at radius 3 is 2.95 bits per heavy atom. The molecule has 2 heterocycles. The van der Waals surface area contributed by atoms with E-state index in [0.29, 0.717) is 18.1 Å². The monoisotopic (exact) mass is 315 g/mol. The third kappa shape index (κ3) is 3.08. The number of aromatic nitrogens is 3. The van der Waals surface area contributed by atoms with Crippen LogP contribution in [0.25, 0.3) is 11.0 Å². The third-order valence-corrected chi connectivity index (χ3v) is 4.35. The molecule has 0 aliphatic rings. The number of aromatic amines is 1. The number of H-pyrrole nitrogens is 1. The van der Waals surface area contributed by atoms with Crippen LogP contribution in [0.3, 0.4) is 0 Å². The van der Waals surface area contributed by atoms with Gasteiger partial charge in [-0.3, -0.25) is 4.79 Å². The Balaban J connectivity index is 1.81. The average Bonchev–Trinajstić information content (AvgIpc) is 3.18. The van der Waals surface area contributed by atoms with Crippen LogP contribution in [0.5, 0.6) is 0 Å². The van der Waals surface area contributed by atoms with E-state index in [1.54, 1.807) is 19.4 Å². The standard InChI is InChI=1S/C16H17N3O2S/c1-21-10-9-19-14-7-3-2-5-12(14)18-16(19)22-11-15(20)13-6-4-8-17-13/h2-8,17H,9-11H2,1H3. The lowest BCUT2D eigenvalue weighted by atomic mass is 10.3. The Morgan fingerprint density at radius 1 is 1.32 bits per heavy atom. The molecule has 0 atom stereocenters. The number of imidazole rings is 1. The number of ketones is 1. The number of benzene rings is 1. The minimum Gasteiger partial charge on any atom is -0.383 e. The van der Waals surface area contributed by atoms with Crippen molar-refractivity contribution in [1.29, 1.82) is 0 Å². The van der Waals surface area contributed by atoms with E-state index in [2.05, 4.69) is 14.5 Å². The highest BCUT2D eigenvalue weighted by molar-refractivity contribution is 7.99. The second kappa shape index (κ2) is 6.81. The summed E-state index contributed by atoms with van der Waals surface area (Å²) in [7, 11) is 1.68. The van der Waals surface area contributed by atoms with Gasteiger partial charge in [0.15, 0.2) is 10.9 Å². The Bertz CT molecular complexity index is 765. The van der Waals surface area contributed by atoms with Crippen molar-refractivity contribution < 1.29 is 9.53 Å². The van der Waals surface area contributed by atoms with Gasteiger partial charge in [0.1, 0.15) is 0 Å². The molecule has 0 aliphatic carbocycles. The van der Waals surface area contributed by atoms with Gasteiger partial charge in [0.05, 0.1) is 29.1 Å². The molecule has 0 amide bonds. The van der Waals surface area contributed by atoms with Crippen LogP contribution in [-0.2, 0) is 11.3 Å². The average molecular weight is 315 g/mol. The predicted molar refractivity (Wildman–Crippen MR) is 87.5 cm³/mol. The molecule has 0 aliphatic heterocycles. The summed E-state index contributed by atoms with van der Waals surface area (Å²) in [6.45, 7) is 1.33. The molecule has 3 aromatic rings. The third-order valence-electron chi connectivity index (χ3n) is 3.37. The van der Waals surface area contributed by atoms with Gasteiger partial charge < -0.3 is 14.3 Å². The van der Waals surface area contributed by atoms with Crippen molar-refractivity contribution >= 4 is 28.6 Å². The molecule has 3 rings (SSSR count). The second-order valence-corrected chi connectivity index (χ2v) is 5.77. The number of fused-ring (bicyclic) bond motifs is 1. The zero-order valence-corrected chi connectivity index (χ0v) is 13.1. The van der Waals surface area contributed by atoms with Crippen LogP contribution < -0.4 is 0 Å². The van der Waals surface area contributed by atoms with Crippen LogP contribution >= 0.6 is 11.8 Å². The number of hydrogen-bond acceptors (Lipinski definition) is 4. The first-order valence-corrected chi connectivity index (χ1v) is 8.02. The highest BCUT2D eigenvalue weighted by atomic mass is 32.2. The van der Waals surface area contributed by atoms with E-state index in [9.17, 15) is 4.79 Å². The molecule has 1 N–H and O–H groups in total. The van der Waals surface area contributed by atoms with Gasteiger partial charge in [-0.15, -0.1) is 0 Å². The molecule has 0 saturated heterocycles. The van der Waals surface area contributed by atoms with E-state index < -0.39 is 0 Å². The van der Waals surface area contributed by atoms with Gasteiger partial charge in [0.2, 0.25) is 0 Å². The van der Waals surface area contributed by atoms with Gasteiger partial charge in [-0.25, -0.2) is 4.98 Å². The van der Waals surface area contributed by atoms with Gasteiger partial charge >= 0.3 is 0 Å². The molecular formula is C16H17N3O2S. The van der Waals surface area contributed by atoms with Crippen LogP contribution in [0.15, 0.2) is 47.8 Å². The zero-order chi connectivity index (χ0) is 15.4. The highest BCUT2D eigenvalue weighted by Crippen LogP contribution is 2.24. The van der Waals surface area contributed by atoms with Gasteiger partial charge in [-0.05, 0) is 24.3 Å². The van der Waals surface area contributed by atoms with E-state index >= 15 is 0 Å². The summed E-state index contributed by atoms with van der Waals surface area (Å²) < 4.78 is 7.28. The minimum atomic E-state index is 0.0698. The van der Waals surface area contributed by atoms with Gasteiger partial charge in [-0.2, -0.15) is 0 Å². The maximum atomic E-state index is 12.1. The molecular weight excluding hydrogens is 298 g/mol. The van der Waals surface area contributed by atoms with E-state index in [0.717, 1.165) is 22.7 Å².